The molecular weight excluding hydrogens is 295 g/mol. The fourth-order valence-electron chi connectivity index (χ4n) is 3.19. The molecule has 0 atom stereocenters. The quantitative estimate of drug-likeness (QED) is 0.671. The SMILES string of the molecule is C[Si](C)(C)c1cccc(C(F)([Si](C)(C)C)[Si](C)(C)C)c1. The number of alkyl halides is 1. The minimum atomic E-state index is -1.96. The van der Waals surface area contributed by atoms with Crippen molar-refractivity contribution in [3.05, 3.63) is 29.8 Å². The lowest BCUT2D eigenvalue weighted by atomic mass is 10.2. The fraction of sp³-hybridized carbons (Fsp3) is 0.625. The molecular formula is C16H31FSi3. The number of rotatable bonds is 4. The zero-order chi connectivity index (χ0) is 16.0. The summed E-state index contributed by atoms with van der Waals surface area (Å²) in [5, 5.41) is 1.37. The second-order valence-corrected chi connectivity index (χ2v) is 24.9. The van der Waals surface area contributed by atoms with Crippen LogP contribution in [-0.2, 0) is 4.92 Å². The van der Waals surface area contributed by atoms with Crippen molar-refractivity contribution < 1.29 is 4.39 Å². The van der Waals surface area contributed by atoms with Gasteiger partial charge in [-0.05, 0) is 5.56 Å². The lowest BCUT2D eigenvalue weighted by Gasteiger charge is -2.46. The Balaban J connectivity index is 3.53. The molecule has 20 heavy (non-hydrogen) atoms. The van der Waals surface area contributed by atoms with Gasteiger partial charge in [-0.3, -0.25) is 0 Å². The third-order valence-corrected chi connectivity index (χ3v) is 15.4. The normalized spacial score (nSPS) is 14.5. The predicted octanol–water partition coefficient (Wildman–Crippen LogP) is 5.15. The van der Waals surface area contributed by atoms with Gasteiger partial charge in [-0.1, -0.05) is 88.4 Å². The van der Waals surface area contributed by atoms with Crippen LogP contribution in [0.5, 0.6) is 0 Å². The van der Waals surface area contributed by atoms with Crippen LogP contribution < -0.4 is 5.19 Å². The van der Waals surface area contributed by atoms with Crippen LogP contribution in [-0.4, -0.2) is 24.2 Å². The monoisotopic (exact) mass is 326 g/mol. The van der Waals surface area contributed by atoms with Gasteiger partial charge < -0.3 is 0 Å². The Morgan fingerprint density at radius 3 is 1.60 bits per heavy atom. The Hall–Kier alpha value is -0.199. The molecule has 0 N–H and O–H groups in total. The van der Waals surface area contributed by atoms with Gasteiger partial charge in [0.1, 0.15) is 4.92 Å². The molecule has 0 amide bonds. The molecule has 0 heterocycles. The number of benzene rings is 1. The molecule has 0 nitrogen and oxygen atoms in total. The number of hydrogen-bond acceptors (Lipinski definition) is 0. The third kappa shape index (κ3) is 3.17. The van der Waals surface area contributed by atoms with Gasteiger partial charge in [0, 0.05) is 0 Å². The molecule has 0 saturated carbocycles. The molecule has 0 aliphatic rings. The molecule has 1 aromatic rings. The minimum Gasteiger partial charge on any atom is -0.247 e. The van der Waals surface area contributed by atoms with Crippen molar-refractivity contribution in [2.24, 2.45) is 0 Å². The van der Waals surface area contributed by atoms with E-state index in [-0.39, 0.29) is 0 Å². The summed E-state index contributed by atoms with van der Waals surface area (Å²) in [5.74, 6) is 0. The molecule has 0 bridgehead atoms. The third-order valence-electron chi connectivity index (χ3n) is 4.19. The lowest BCUT2D eigenvalue weighted by Crippen LogP contribution is -2.61. The van der Waals surface area contributed by atoms with Crippen molar-refractivity contribution >= 4 is 29.4 Å². The van der Waals surface area contributed by atoms with Crippen LogP contribution in [0.1, 0.15) is 5.56 Å². The number of halogens is 1. The van der Waals surface area contributed by atoms with Gasteiger partial charge in [-0.15, -0.1) is 0 Å². The van der Waals surface area contributed by atoms with Crippen LogP contribution in [0.3, 0.4) is 0 Å². The van der Waals surface area contributed by atoms with E-state index in [9.17, 15) is 0 Å². The van der Waals surface area contributed by atoms with Crippen molar-refractivity contribution in [1.82, 2.24) is 0 Å². The van der Waals surface area contributed by atoms with Gasteiger partial charge in [0.25, 0.3) is 0 Å². The first-order valence-corrected chi connectivity index (χ1v) is 18.0. The van der Waals surface area contributed by atoms with E-state index in [1.54, 1.807) is 0 Å². The maximum absolute atomic E-state index is 16.2. The second kappa shape index (κ2) is 5.21. The second-order valence-electron chi connectivity index (χ2n) is 8.99. The first kappa shape index (κ1) is 17.9. The van der Waals surface area contributed by atoms with E-state index in [1.165, 1.54) is 5.19 Å². The largest absolute Gasteiger partial charge is 0.247 e. The van der Waals surface area contributed by atoms with E-state index in [0.29, 0.717) is 0 Å². The molecule has 0 saturated heterocycles. The molecule has 0 aromatic heterocycles. The number of hydrogen-bond donors (Lipinski definition) is 0. The van der Waals surface area contributed by atoms with Crippen LogP contribution >= 0.6 is 0 Å². The van der Waals surface area contributed by atoms with Gasteiger partial charge in [0.2, 0.25) is 0 Å². The lowest BCUT2D eigenvalue weighted by molar-refractivity contribution is 0.366. The van der Waals surface area contributed by atoms with Crippen LogP contribution in [0.2, 0.25) is 58.9 Å². The molecule has 0 radical (unpaired) electrons. The summed E-state index contributed by atoms with van der Waals surface area (Å²) >= 11 is 0. The Kier molecular flexibility index (Phi) is 4.65. The molecule has 0 spiro atoms. The van der Waals surface area contributed by atoms with Gasteiger partial charge in [0.05, 0.1) is 24.2 Å². The molecule has 0 aliphatic carbocycles. The maximum Gasteiger partial charge on any atom is 0.112 e. The minimum absolute atomic E-state index is 0.954. The standard InChI is InChI=1S/C16H31FSi3/c1-18(2,3)15-12-10-11-14(13-15)16(17,19(4,5)6)20(7,8)9/h10-13H,1-9H3. The molecule has 0 fully saturated rings. The summed E-state index contributed by atoms with van der Waals surface area (Å²) in [6.45, 7) is 20.0. The zero-order valence-electron chi connectivity index (χ0n) is 14.7. The zero-order valence-corrected chi connectivity index (χ0v) is 17.7. The van der Waals surface area contributed by atoms with Gasteiger partial charge in [-0.25, -0.2) is 4.39 Å². The highest BCUT2D eigenvalue weighted by atomic mass is 28.4. The predicted molar refractivity (Wildman–Crippen MR) is 98.9 cm³/mol. The highest BCUT2D eigenvalue weighted by molar-refractivity contribution is 6.97. The Morgan fingerprint density at radius 1 is 0.800 bits per heavy atom. The average molecular weight is 327 g/mol. The van der Waals surface area contributed by atoms with E-state index in [0.717, 1.165) is 5.56 Å². The van der Waals surface area contributed by atoms with E-state index in [1.807, 2.05) is 6.07 Å². The van der Waals surface area contributed by atoms with Crippen molar-refractivity contribution in [2.75, 3.05) is 0 Å². The summed E-state index contributed by atoms with van der Waals surface area (Å²) in [6.07, 6.45) is 0. The molecule has 4 heteroatoms. The highest BCUT2D eigenvalue weighted by Crippen LogP contribution is 2.43. The molecule has 114 valence electrons. The van der Waals surface area contributed by atoms with Gasteiger partial charge >= 0.3 is 0 Å². The molecule has 1 aromatic carbocycles. The van der Waals surface area contributed by atoms with Crippen LogP contribution in [0.25, 0.3) is 0 Å². The van der Waals surface area contributed by atoms with Crippen LogP contribution in [0, 0.1) is 0 Å². The van der Waals surface area contributed by atoms with Gasteiger partial charge in [-0.2, -0.15) is 0 Å². The van der Waals surface area contributed by atoms with E-state index in [2.05, 4.69) is 77.1 Å². The Bertz CT molecular complexity index is 462. The van der Waals surface area contributed by atoms with E-state index in [4.69, 9.17) is 0 Å². The smallest absolute Gasteiger partial charge is 0.112 e. The highest BCUT2D eigenvalue weighted by Gasteiger charge is 2.54. The van der Waals surface area contributed by atoms with E-state index >= 15 is 4.39 Å². The Morgan fingerprint density at radius 2 is 1.25 bits per heavy atom. The summed E-state index contributed by atoms with van der Waals surface area (Å²) in [6, 6.07) is 8.46. The molecule has 0 aliphatic heterocycles. The van der Waals surface area contributed by atoms with E-state index < -0.39 is 29.1 Å². The average Bonchev–Trinajstić information content (AvgIpc) is 2.24. The topological polar surface area (TPSA) is 0 Å². The summed E-state index contributed by atoms with van der Waals surface area (Å²) < 4.78 is 16.2. The van der Waals surface area contributed by atoms with Crippen molar-refractivity contribution in [3.8, 4) is 0 Å². The van der Waals surface area contributed by atoms with Crippen LogP contribution in [0.15, 0.2) is 24.3 Å². The summed E-state index contributed by atoms with van der Waals surface area (Å²) in [7, 11) is -5.31. The maximum atomic E-state index is 16.2. The first-order valence-electron chi connectivity index (χ1n) is 7.51. The van der Waals surface area contributed by atoms with Crippen molar-refractivity contribution in [2.45, 2.75) is 63.8 Å². The van der Waals surface area contributed by atoms with Crippen molar-refractivity contribution in [3.63, 3.8) is 0 Å². The fourth-order valence-corrected chi connectivity index (χ4v) is 15.4. The molecule has 1 rings (SSSR count). The molecule has 0 unspecified atom stereocenters. The van der Waals surface area contributed by atoms with Gasteiger partial charge in [0.15, 0.2) is 0 Å². The summed E-state index contributed by atoms with van der Waals surface area (Å²) in [4.78, 5) is -1.07. The van der Waals surface area contributed by atoms with Crippen LogP contribution in [0.4, 0.5) is 4.39 Å². The Labute approximate surface area is 127 Å². The van der Waals surface area contributed by atoms with Crippen molar-refractivity contribution in [1.29, 1.82) is 0 Å². The summed E-state index contributed by atoms with van der Waals surface area (Å²) in [5.41, 5.74) is 0.954. The first-order chi connectivity index (χ1) is 8.71.